The number of aliphatic hydroxyl groups excluding tert-OH is 1. The molecule has 0 radical (unpaired) electrons. The van der Waals surface area contributed by atoms with Crippen LogP contribution in [-0.2, 0) is 12.0 Å². The van der Waals surface area contributed by atoms with E-state index in [9.17, 15) is 5.11 Å². The predicted octanol–water partition coefficient (Wildman–Crippen LogP) is 2.53. The summed E-state index contributed by atoms with van der Waals surface area (Å²) in [5.74, 6) is 1.11. The molecule has 3 atom stereocenters. The second-order valence-corrected chi connectivity index (χ2v) is 8.00. The van der Waals surface area contributed by atoms with E-state index in [1.54, 1.807) is 5.56 Å². The molecule has 0 aromatic heterocycles. The molecule has 1 aromatic carbocycles. The summed E-state index contributed by atoms with van der Waals surface area (Å²) >= 11 is 0. The van der Waals surface area contributed by atoms with E-state index in [0.29, 0.717) is 11.8 Å². The van der Waals surface area contributed by atoms with Crippen LogP contribution in [0.2, 0.25) is 0 Å². The number of nitrogens with one attached hydrogen (secondary N) is 1. The monoisotopic (exact) mass is 314 g/mol. The molecule has 2 aliphatic heterocycles. The van der Waals surface area contributed by atoms with Gasteiger partial charge in [0, 0.05) is 18.5 Å². The van der Waals surface area contributed by atoms with Gasteiger partial charge in [0.05, 0.1) is 6.10 Å². The molecule has 3 unspecified atom stereocenters. The van der Waals surface area contributed by atoms with E-state index in [1.165, 1.54) is 31.2 Å². The summed E-state index contributed by atoms with van der Waals surface area (Å²) in [5, 5.41) is 14.3. The Hall–Kier alpha value is -0.900. The fourth-order valence-electron chi connectivity index (χ4n) is 5.84. The Balaban J connectivity index is 1.85. The maximum Gasteiger partial charge on any atom is 0.0577 e. The van der Waals surface area contributed by atoms with Crippen molar-refractivity contribution in [3.63, 3.8) is 0 Å². The molecule has 2 heterocycles. The second kappa shape index (κ2) is 6.19. The van der Waals surface area contributed by atoms with Crippen molar-refractivity contribution < 1.29 is 5.11 Å². The van der Waals surface area contributed by atoms with Crippen molar-refractivity contribution in [1.29, 1.82) is 0 Å². The average Bonchev–Trinajstić information content (AvgIpc) is 3.01. The fourth-order valence-corrected chi connectivity index (χ4v) is 5.84. The third-order valence-corrected chi connectivity index (χ3v) is 6.70. The molecule has 2 N–H and O–H groups in total. The molecule has 3 nitrogen and oxygen atoms in total. The van der Waals surface area contributed by atoms with Crippen molar-refractivity contribution in [3.05, 3.63) is 35.4 Å². The number of fused-ring (bicyclic) bond motifs is 1. The van der Waals surface area contributed by atoms with Gasteiger partial charge in [-0.15, -0.1) is 0 Å². The van der Waals surface area contributed by atoms with Gasteiger partial charge in [-0.25, -0.2) is 0 Å². The van der Waals surface area contributed by atoms with Crippen LogP contribution in [0.15, 0.2) is 24.3 Å². The van der Waals surface area contributed by atoms with Crippen LogP contribution in [0.25, 0.3) is 0 Å². The first-order valence-corrected chi connectivity index (χ1v) is 9.37. The molecule has 3 heteroatoms. The van der Waals surface area contributed by atoms with E-state index in [1.807, 2.05) is 0 Å². The highest BCUT2D eigenvalue weighted by Gasteiger charge is 2.53. The molecule has 1 aromatic rings. The molecule has 0 amide bonds. The first-order chi connectivity index (χ1) is 11.2. The predicted molar refractivity (Wildman–Crippen MR) is 93.4 cm³/mol. The highest BCUT2D eigenvalue weighted by molar-refractivity contribution is 5.39. The topological polar surface area (TPSA) is 35.5 Å². The van der Waals surface area contributed by atoms with E-state index in [-0.39, 0.29) is 11.5 Å². The van der Waals surface area contributed by atoms with Gasteiger partial charge in [0.25, 0.3) is 0 Å². The molecule has 1 aliphatic carbocycles. The summed E-state index contributed by atoms with van der Waals surface area (Å²) in [6.07, 6.45) is 5.72. The van der Waals surface area contributed by atoms with Gasteiger partial charge in [-0.2, -0.15) is 0 Å². The Kier molecular flexibility index (Phi) is 4.21. The Morgan fingerprint density at radius 3 is 2.65 bits per heavy atom. The van der Waals surface area contributed by atoms with E-state index >= 15 is 0 Å². The van der Waals surface area contributed by atoms with Crippen molar-refractivity contribution in [2.24, 2.45) is 11.8 Å². The fraction of sp³-hybridized carbons (Fsp3) is 0.700. The summed E-state index contributed by atoms with van der Waals surface area (Å²) in [6, 6.07) is 9.06. The van der Waals surface area contributed by atoms with Gasteiger partial charge in [0.2, 0.25) is 0 Å². The molecule has 2 fully saturated rings. The lowest BCUT2D eigenvalue weighted by molar-refractivity contribution is 0.0108. The first kappa shape index (κ1) is 15.6. The zero-order valence-corrected chi connectivity index (χ0v) is 14.3. The third kappa shape index (κ3) is 2.54. The summed E-state index contributed by atoms with van der Waals surface area (Å²) in [6.45, 7) is 4.41. The normalized spacial score (nSPS) is 36.1. The molecule has 0 spiro atoms. The van der Waals surface area contributed by atoms with Gasteiger partial charge in [-0.1, -0.05) is 30.7 Å². The van der Waals surface area contributed by atoms with Gasteiger partial charge >= 0.3 is 0 Å². The smallest absolute Gasteiger partial charge is 0.0577 e. The Morgan fingerprint density at radius 2 is 1.91 bits per heavy atom. The SMILES string of the molecule is CN1Cc2ccccc2C(C2CCNCC2)(C2CCCC2O)C1. The lowest BCUT2D eigenvalue weighted by atomic mass is 9.56. The standard InChI is InChI=1S/C20H30N2O/c1-22-13-15-5-2-3-6-17(15)20(14-22,16-9-11-21-12-10-16)18-7-4-8-19(18)23/h2-3,5-6,16,18-19,21,23H,4,7-14H2,1H3. The lowest BCUT2D eigenvalue weighted by Gasteiger charge is -2.53. The number of hydrogen-bond acceptors (Lipinski definition) is 3. The van der Waals surface area contributed by atoms with E-state index < -0.39 is 0 Å². The zero-order valence-electron chi connectivity index (χ0n) is 14.3. The van der Waals surface area contributed by atoms with Gasteiger partial charge in [-0.3, -0.25) is 0 Å². The van der Waals surface area contributed by atoms with Crippen LogP contribution in [0, 0.1) is 11.8 Å². The minimum absolute atomic E-state index is 0.121. The Bertz CT molecular complexity index is 554. The molecule has 4 rings (SSSR count). The van der Waals surface area contributed by atoms with Crippen LogP contribution in [0.4, 0.5) is 0 Å². The minimum atomic E-state index is -0.121. The summed E-state index contributed by atoms with van der Waals surface area (Å²) < 4.78 is 0. The molecular formula is C20H30N2O. The Labute approximate surface area is 140 Å². The molecule has 0 bridgehead atoms. The van der Waals surface area contributed by atoms with Crippen molar-refractivity contribution >= 4 is 0 Å². The summed E-state index contributed by atoms with van der Waals surface area (Å²) in [7, 11) is 2.26. The number of nitrogens with zero attached hydrogens (tertiary/aromatic N) is 1. The number of piperidine rings is 1. The number of hydrogen-bond donors (Lipinski definition) is 2. The minimum Gasteiger partial charge on any atom is -0.393 e. The highest BCUT2D eigenvalue weighted by Crippen LogP contribution is 2.52. The van der Waals surface area contributed by atoms with Crippen LogP contribution in [-0.4, -0.2) is 42.8 Å². The van der Waals surface area contributed by atoms with Crippen LogP contribution in [0.5, 0.6) is 0 Å². The average molecular weight is 314 g/mol. The number of aliphatic hydroxyl groups is 1. The molecule has 126 valence electrons. The molecule has 1 saturated heterocycles. The molecule has 23 heavy (non-hydrogen) atoms. The number of rotatable bonds is 2. The van der Waals surface area contributed by atoms with Crippen molar-refractivity contribution in [1.82, 2.24) is 10.2 Å². The summed E-state index contributed by atoms with van der Waals surface area (Å²) in [5.41, 5.74) is 3.18. The Morgan fingerprint density at radius 1 is 1.13 bits per heavy atom. The van der Waals surface area contributed by atoms with Crippen LogP contribution in [0.3, 0.4) is 0 Å². The van der Waals surface area contributed by atoms with Gasteiger partial charge in [-0.05, 0) is 68.8 Å². The van der Waals surface area contributed by atoms with Crippen LogP contribution in [0.1, 0.15) is 43.2 Å². The van der Waals surface area contributed by atoms with Gasteiger partial charge in [0.1, 0.15) is 0 Å². The van der Waals surface area contributed by atoms with E-state index in [0.717, 1.165) is 32.6 Å². The molecule has 3 aliphatic rings. The zero-order chi connectivity index (χ0) is 15.9. The highest BCUT2D eigenvalue weighted by atomic mass is 16.3. The summed E-state index contributed by atoms with van der Waals surface area (Å²) in [4.78, 5) is 2.50. The van der Waals surface area contributed by atoms with Crippen LogP contribution >= 0.6 is 0 Å². The van der Waals surface area contributed by atoms with Gasteiger partial charge < -0.3 is 15.3 Å². The molecular weight excluding hydrogens is 284 g/mol. The van der Waals surface area contributed by atoms with Crippen molar-refractivity contribution in [2.45, 2.75) is 50.2 Å². The third-order valence-electron chi connectivity index (χ3n) is 6.70. The maximum absolute atomic E-state index is 10.8. The largest absolute Gasteiger partial charge is 0.393 e. The van der Waals surface area contributed by atoms with Crippen LogP contribution < -0.4 is 5.32 Å². The molecule has 1 saturated carbocycles. The lowest BCUT2D eigenvalue weighted by Crippen LogP contribution is -2.57. The van der Waals surface area contributed by atoms with E-state index in [4.69, 9.17) is 0 Å². The van der Waals surface area contributed by atoms with Crippen molar-refractivity contribution in [3.8, 4) is 0 Å². The van der Waals surface area contributed by atoms with Gasteiger partial charge in [0.15, 0.2) is 0 Å². The second-order valence-electron chi connectivity index (χ2n) is 8.00. The van der Waals surface area contributed by atoms with Crippen molar-refractivity contribution in [2.75, 3.05) is 26.7 Å². The number of benzene rings is 1. The maximum atomic E-state index is 10.8. The quantitative estimate of drug-likeness (QED) is 0.880. The van der Waals surface area contributed by atoms with E-state index in [2.05, 4.69) is 41.5 Å². The first-order valence-electron chi connectivity index (χ1n) is 9.37. The number of likely N-dealkylation sites (N-methyl/N-ethyl adjacent to an activating group) is 1.